The summed E-state index contributed by atoms with van der Waals surface area (Å²) in [4.78, 5) is 0. The van der Waals surface area contributed by atoms with Crippen molar-refractivity contribution in [3.05, 3.63) is 33.3 Å². The van der Waals surface area contributed by atoms with Gasteiger partial charge in [-0.25, -0.2) is 0 Å². The lowest BCUT2D eigenvalue weighted by molar-refractivity contribution is 0.209. The summed E-state index contributed by atoms with van der Waals surface area (Å²) < 4.78 is 0.857. The first-order valence-electron chi connectivity index (χ1n) is 3.82. The van der Waals surface area contributed by atoms with Crippen LogP contribution >= 0.6 is 27.5 Å². The van der Waals surface area contributed by atoms with Crippen molar-refractivity contribution in [2.24, 2.45) is 5.73 Å². The molecule has 0 fully saturated rings. The number of rotatable bonds is 2. The number of hydrogen-bond acceptors (Lipinski definition) is 2. The lowest BCUT2D eigenvalue weighted by atomic mass is 9.94. The number of aliphatic hydroxyl groups is 1. The fourth-order valence-electron chi connectivity index (χ4n) is 1.02. The Morgan fingerprint density at radius 2 is 2.23 bits per heavy atom. The quantitative estimate of drug-likeness (QED) is 0.861. The molecule has 0 aliphatic heterocycles. The standard InChI is InChI=1S/C9H11BrClNO/c1-9(12,5-13)7-4-6(11)2-3-8(7)10/h2-4,13H,5,12H2,1H3. The minimum Gasteiger partial charge on any atom is -0.394 e. The second-order valence-electron chi connectivity index (χ2n) is 3.20. The molecule has 0 bridgehead atoms. The predicted molar refractivity (Wildman–Crippen MR) is 57.8 cm³/mol. The highest BCUT2D eigenvalue weighted by molar-refractivity contribution is 9.10. The van der Waals surface area contributed by atoms with Crippen molar-refractivity contribution in [3.63, 3.8) is 0 Å². The van der Waals surface area contributed by atoms with Gasteiger partial charge in [0.2, 0.25) is 0 Å². The second kappa shape index (κ2) is 3.96. The van der Waals surface area contributed by atoms with Crippen molar-refractivity contribution in [3.8, 4) is 0 Å². The lowest BCUT2D eigenvalue weighted by Gasteiger charge is -2.23. The van der Waals surface area contributed by atoms with E-state index in [4.69, 9.17) is 22.4 Å². The predicted octanol–water partition coefficient (Wildman–Crippen LogP) is 2.27. The van der Waals surface area contributed by atoms with Crippen molar-refractivity contribution >= 4 is 27.5 Å². The average Bonchev–Trinajstić information content (AvgIpc) is 2.09. The summed E-state index contributed by atoms with van der Waals surface area (Å²) in [6.07, 6.45) is 0. The molecule has 0 aromatic heterocycles. The fraction of sp³-hybridized carbons (Fsp3) is 0.333. The molecule has 0 aliphatic carbocycles. The minimum atomic E-state index is -0.760. The molecular formula is C9H11BrClNO. The molecule has 3 N–H and O–H groups in total. The molecule has 4 heteroatoms. The van der Waals surface area contributed by atoms with Crippen LogP contribution in [0.3, 0.4) is 0 Å². The zero-order chi connectivity index (χ0) is 10.1. The van der Waals surface area contributed by atoms with E-state index in [9.17, 15) is 0 Å². The Balaban J connectivity index is 3.20. The highest BCUT2D eigenvalue weighted by Gasteiger charge is 2.22. The van der Waals surface area contributed by atoms with Crippen LogP contribution in [0.5, 0.6) is 0 Å². The van der Waals surface area contributed by atoms with Gasteiger partial charge in [-0.3, -0.25) is 0 Å². The van der Waals surface area contributed by atoms with Gasteiger partial charge in [-0.1, -0.05) is 27.5 Å². The molecule has 0 saturated heterocycles. The van der Waals surface area contributed by atoms with E-state index < -0.39 is 5.54 Å². The van der Waals surface area contributed by atoms with Gasteiger partial charge < -0.3 is 10.8 Å². The molecule has 13 heavy (non-hydrogen) atoms. The largest absolute Gasteiger partial charge is 0.394 e. The van der Waals surface area contributed by atoms with Crippen molar-refractivity contribution in [1.82, 2.24) is 0 Å². The maximum absolute atomic E-state index is 9.07. The Bertz CT molecular complexity index is 314. The van der Waals surface area contributed by atoms with Gasteiger partial charge in [0.05, 0.1) is 12.1 Å². The third-order valence-electron chi connectivity index (χ3n) is 1.87. The van der Waals surface area contributed by atoms with Crippen LogP contribution in [0, 0.1) is 0 Å². The molecule has 72 valence electrons. The summed E-state index contributed by atoms with van der Waals surface area (Å²) in [6.45, 7) is 1.63. The van der Waals surface area contributed by atoms with E-state index in [1.54, 1.807) is 19.1 Å². The number of hydrogen-bond donors (Lipinski definition) is 2. The van der Waals surface area contributed by atoms with Crippen LogP contribution in [0.25, 0.3) is 0 Å². The van der Waals surface area contributed by atoms with Gasteiger partial charge in [0, 0.05) is 9.50 Å². The molecule has 0 spiro atoms. The van der Waals surface area contributed by atoms with E-state index in [-0.39, 0.29) is 6.61 Å². The second-order valence-corrected chi connectivity index (χ2v) is 4.49. The van der Waals surface area contributed by atoms with Crippen molar-refractivity contribution in [2.75, 3.05) is 6.61 Å². The molecule has 1 aromatic carbocycles. The Morgan fingerprint density at radius 3 is 2.77 bits per heavy atom. The van der Waals surface area contributed by atoms with Crippen LogP contribution < -0.4 is 5.73 Å². The van der Waals surface area contributed by atoms with Gasteiger partial charge in [-0.15, -0.1) is 0 Å². The summed E-state index contributed by atoms with van der Waals surface area (Å²) >= 11 is 9.18. The molecule has 1 unspecified atom stereocenters. The highest BCUT2D eigenvalue weighted by Crippen LogP contribution is 2.28. The van der Waals surface area contributed by atoms with Gasteiger partial charge in [0.25, 0.3) is 0 Å². The molecule has 0 heterocycles. The molecule has 0 saturated carbocycles. The first kappa shape index (κ1) is 11.0. The molecule has 0 radical (unpaired) electrons. The van der Waals surface area contributed by atoms with Gasteiger partial charge in [0.1, 0.15) is 0 Å². The van der Waals surface area contributed by atoms with Crippen LogP contribution in [0.2, 0.25) is 5.02 Å². The van der Waals surface area contributed by atoms with E-state index in [0.717, 1.165) is 10.0 Å². The van der Waals surface area contributed by atoms with Crippen molar-refractivity contribution in [1.29, 1.82) is 0 Å². The summed E-state index contributed by atoms with van der Waals surface area (Å²) in [7, 11) is 0. The van der Waals surface area contributed by atoms with Crippen LogP contribution in [0.15, 0.2) is 22.7 Å². The maximum Gasteiger partial charge on any atom is 0.0650 e. The SMILES string of the molecule is CC(N)(CO)c1cc(Cl)ccc1Br. The number of nitrogens with two attached hydrogens (primary N) is 1. The summed E-state index contributed by atoms with van der Waals surface area (Å²) in [5.41, 5.74) is 5.92. The first-order valence-corrected chi connectivity index (χ1v) is 5.00. The molecule has 1 atom stereocenters. The zero-order valence-electron chi connectivity index (χ0n) is 7.22. The van der Waals surface area contributed by atoms with E-state index in [2.05, 4.69) is 15.9 Å². The van der Waals surface area contributed by atoms with Gasteiger partial charge >= 0.3 is 0 Å². The minimum absolute atomic E-state index is 0.119. The first-order chi connectivity index (χ1) is 5.97. The summed E-state index contributed by atoms with van der Waals surface area (Å²) in [5.74, 6) is 0. The molecule has 1 aromatic rings. The third-order valence-corrected chi connectivity index (χ3v) is 2.80. The van der Waals surface area contributed by atoms with E-state index in [1.165, 1.54) is 0 Å². The van der Waals surface area contributed by atoms with E-state index in [0.29, 0.717) is 5.02 Å². The zero-order valence-corrected chi connectivity index (χ0v) is 9.56. The Hall–Kier alpha value is -0.0900. The van der Waals surface area contributed by atoms with Crippen LogP contribution in [-0.4, -0.2) is 11.7 Å². The average molecular weight is 265 g/mol. The Kier molecular flexibility index (Phi) is 3.35. The number of halogens is 2. The van der Waals surface area contributed by atoms with Crippen LogP contribution in [0.4, 0.5) is 0 Å². The summed E-state index contributed by atoms with van der Waals surface area (Å²) in [5, 5.41) is 9.69. The highest BCUT2D eigenvalue weighted by atomic mass is 79.9. The van der Waals surface area contributed by atoms with Gasteiger partial charge in [-0.05, 0) is 30.7 Å². The fourth-order valence-corrected chi connectivity index (χ4v) is 1.89. The van der Waals surface area contributed by atoms with Crippen molar-refractivity contribution < 1.29 is 5.11 Å². The molecule has 1 rings (SSSR count). The monoisotopic (exact) mass is 263 g/mol. The Morgan fingerprint density at radius 1 is 1.62 bits per heavy atom. The van der Waals surface area contributed by atoms with E-state index in [1.807, 2.05) is 6.07 Å². The molecule has 2 nitrogen and oxygen atoms in total. The molecular weight excluding hydrogens is 253 g/mol. The lowest BCUT2D eigenvalue weighted by Crippen LogP contribution is -2.37. The van der Waals surface area contributed by atoms with Crippen LogP contribution in [-0.2, 0) is 5.54 Å². The number of benzene rings is 1. The third kappa shape index (κ3) is 2.44. The number of aliphatic hydroxyl groups excluding tert-OH is 1. The van der Waals surface area contributed by atoms with Gasteiger partial charge in [0.15, 0.2) is 0 Å². The van der Waals surface area contributed by atoms with Crippen LogP contribution in [0.1, 0.15) is 12.5 Å². The topological polar surface area (TPSA) is 46.2 Å². The normalized spacial score (nSPS) is 15.5. The van der Waals surface area contributed by atoms with Crippen molar-refractivity contribution in [2.45, 2.75) is 12.5 Å². The maximum atomic E-state index is 9.07. The van der Waals surface area contributed by atoms with E-state index >= 15 is 0 Å². The molecule has 0 aliphatic rings. The Labute approximate surface area is 90.8 Å². The van der Waals surface area contributed by atoms with Gasteiger partial charge in [-0.2, -0.15) is 0 Å². The molecule has 0 amide bonds. The smallest absolute Gasteiger partial charge is 0.0650 e. The summed E-state index contributed by atoms with van der Waals surface area (Å²) in [6, 6.07) is 5.34.